The summed E-state index contributed by atoms with van der Waals surface area (Å²) in [5, 5.41) is 11.9. The fraction of sp³-hybridized carbons (Fsp3) is 0.450. The maximum atomic E-state index is 12.8. The molecule has 1 fully saturated rings. The van der Waals surface area contributed by atoms with Gasteiger partial charge in [0.05, 0.1) is 29.6 Å². The van der Waals surface area contributed by atoms with Gasteiger partial charge in [0.2, 0.25) is 5.91 Å². The molecule has 168 valence electrons. The molecule has 2 heterocycles. The Morgan fingerprint density at radius 1 is 1.48 bits per heavy atom. The van der Waals surface area contributed by atoms with Gasteiger partial charge in [-0.05, 0) is 31.9 Å². The van der Waals surface area contributed by atoms with Crippen LogP contribution in [0.3, 0.4) is 0 Å². The van der Waals surface area contributed by atoms with Crippen molar-refractivity contribution in [2.45, 2.75) is 43.1 Å². The lowest BCUT2D eigenvalue weighted by Crippen LogP contribution is -2.23. The van der Waals surface area contributed by atoms with Gasteiger partial charge in [-0.3, -0.25) is 4.79 Å². The van der Waals surface area contributed by atoms with Crippen molar-refractivity contribution in [3.63, 3.8) is 0 Å². The van der Waals surface area contributed by atoms with Crippen LogP contribution < -0.4 is 10.1 Å². The molecule has 2 unspecified atom stereocenters. The average molecular weight is 485 g/mol. The van der Waals surface area contributed by atoms with Crippen molar-refractivity contribution in [3.05, 3.63) is 41.2 Å². The molecule has 1 aliphatic rings. The van der Waals surface area contributed by atoms with E-state index in [-0.39, 0.29) is 23.3 Å². The largest absolute Gasteiger partial charge is 0.495 e. The topological polar surface area (TPSA) is 103 Å². The lowest BCUT2D eigenvalue weighted by Gasteiger charge is -2.16. The van der Waals surface area contributed by atoms with Crippen molar-refractivity contribution in [2.24, 2.45) is 0 Å². The quantitative estimate of drug-likeness (QED) is 0.452. The van der Waals surface area contributed by atoms with Gasteiger partial charge in [-0.2, -0.15) is 0 Å². The first-order valence-corrected chi connectivity index (χ1v) is 12.8. The molecule has 2 atom stereocenters. The summed E-state index contributed by atoms with van der Waals surface area (Å²) in [6.07, 6.45) is 2.22. The van der Waals surface area contributed by atoms with E-state index in [2.05, 4.69) is 22.1 Å². The van der Waals surface area contributed by atoms with Crippen LogP contribution >= 0.6 is 23.4 Å². The molecule has 0 saturated carbocycles. The monoisotopic (exact) mass is 484 g/mol. The van der Waals surface area contributed by atoms with E-state index in [9.17, 15) is 13.2 Å². The summed E-state index contributed by atoms with van der Waals surface area (Å²) in [5.74, 6) is 0.883. The first-order chi connectivity index (χ1) is 14.6. The number of aromatic nitrogens is 3. The van der Waals surface area contributed by atoms with E-state index in [1.165, 1.54) is 18.9 Å². The van der Waals surface area contributed by atoms with Crippen LogP contribution in [-0.4, -0.2) is 53.0 Å². The minimum atomic E-state index is -3.05. The van der Waals surface area contributed by atoms with Crippen LogP contribution in [0.4, 0.5) is 5.69 Å². The first kappa shape index (κ1) is 23.6. The minimum Gasteiger partial charge on any atom is -0.495 e. The summed E-state index contributed by atoms with van der Waals surface area (Å²) in [5.41, 5.74) is 1.35. The molecule has 2 aromatic rings. The summed E-state index contributed by atoms with van der Waals surface area (Å²) < 4.78 is 30.9. The second kappa shape index (κ2) is 9.62. The van der Waals surface area contributed by atoms with Crippen LogP contribution in [0.15, 0.2) is 29.9 Å². The summed E-state index contributed by atoms with van der Waals surface area (Å²) in [4.78, 5) is 12.8. The third-order valence-corrected chi connectivity index (χ3v) is 8.30. The molecule has 0 bridgehead atoms. The molecule has 1 aliphatic heterocycles. The Kier molecular flexibility index (Phi) is 7.33. The highest BCUT2D eigenvalue weighted by molar-refractivity contribution is 8.00. The number of aryl methyl sites for hydroxylation is 1. The van der Waals surface area contributed by atoms with Crippen LogP contribution in [0, 0.1) is 6.92 Å². The van der Waals surface area contributed by atoms with Crippen molar-refractivity contribution in [1.29, 1.82) is 0 Å². The summed E-state index contributed by atoms with van der Waals surface area (Å²) >= 11 is 7.38. The van der Waals surface area contributed by atoms with Gasteiger partial charge >= 0.3 is 0 Å². The van der Waals surface area contributed by atoms with Gasteiger partial charge in [0.15, 0.2) is 15.0 Å². The van der Waals surface area contributed by atoms with Crippen LogP contribution in [-0.2, 0) is 21.2 Å². The number of nitrogens with zero attached hydrogens (tertiary/aromatic N) is 3. The maximum absolute atomic E-state index is 12.8. The molecule has 11 heteroatoms. The number of rotatable bonds is 8. The molecule has 0 radical (unpaired) electrons. The van der Waals surface area contributed by atoms with Gasteiger partial charge in [-0.15, -0.1) is 16.8 Å². The molecule has 31 heavy (non-hydrogen) atoms. The van der Waals surface area contributed by atoms with Crippen molar-refractivity contribution >= 4 is 44.8 Å². The Labute approximate surface area is 191 Å². The maximum Gasteiger partial charge on any atom is 0.237 e. The zero-order chi connectivity index (χ0) is 22.8. The highest BCUT2D eigenvalue weighted by Crippen LogP contribution is 2.33. The number of halogens is 1. The van der Waals surface area contributed by atoms with Crippen LogP contribution in [0.1, 0.15) is 30.7 Å². The molecular weight excluding hydrogens is 460 g/mol. The molecular formula is C20H25ClN4O4S2. The van der Waals surface area contributed by atoms with Crippen LogP contribution in [0.5, 0.6) is 5.75 Å². The van der Waals surface area contributed by atoms with Crippen molar-refractivity contribution in [1.82, 2.24) is 14.8 Å². The third-order valence-electron chi connectivity index (χ3n) is 5.04. The van der Waals surface area contributed by atoms with Crippen molar-refractivity contribution in [2.75, 3.05) is 23.9 Å². The highest BCUT2D eigenvalue weighted by atomic mass is 35.5. The normalized spacial score (nSPS) is 18.5. The predicted octanol–water partition coefficient (Wildman–Crippen LogP) is 3.46. The fourth-order valence-electron chi connectivity index (χ4n) is 3.36. The number of thioether (sulfide) groups is 1. The Morgan fingerprint density at radius 3 is 2.84 bits per heavy atom. The first-order valence-electron chi connectivity index (χ1n) is 9.71. The Morgan fingerprint density at radius 2 is 2.23 bits per heavy atom. The van der Waals surface area contributed by atoms with E-state index < -0.39 is 15.1 Å². The lowest BCUT2D eigenvalue weighted by atomic mass is 10.1. The van der Waals surface area contributed by atoms with Gasteiger partial charge in [0, 0.05) is 23.6 Å². The van der Waals surface area contributed by atoms with Crippen molar-refractivity contribution in [3.8, 4) is 5.75 Å². The fourth-order valence-corrected chi connectivity index (χ4v) is 6.12. The summed E-state index contributed by atoms with van der Waals surface area (Å²) in [6, 6.07) is 3.42. The number of carbonyl (C=O) groups excluding carboxylic acids is 1. The van der Waals surface area contributed by atoms with Gasteiger partial charge in [0.1, 0.15) is 11.6 Å². The number of ether oxygens (including phenoxy) is 1. The number of benzene rings is 1. The molecule has 8 nitrogen and oxygen atoms in total. The smallest absolute Gasteiger partial charge is 0.237 e. The highest BCUT2D eigenvalue weighted by Gasteiger charge is 2.33. The van der Waals surface area contributed by atoms with Gasteiger partial charge < -0.3 is 14.6 Å². The number of sulfone groups is 1. The Bertz CT molecular complexity index is 1100. The minimum absolute atomic E-state index is 0.0681. The van der Waals surface area contributed by atoms with E-state index in [4.69, 9.17) is 16.3 Å². The zero-order valence-corrected chi connectivity index (χ0v) is 20.0. The van der Waals surface area contributed by atoms with E-state index in [0.29, 0.717) is 40.4 Å². The molecule has 1 aromatic heterocycles. The van der Waals surface area contributed by atoms with E-state index in [1.54, 1.807) is 25.1 Å². The van der Waals surface area contributed by atoms with Crippen LogP contribution in [0.25, 0.3) is 0 Å². The second-order valence-corrected chi connectivity index (χ2v) is 11.3. The van der Waals surface area contributed by atoms with Gasteiger partial charge in [-0.25, -0.2) is 8.42 Å². The number of hydrogen-bond donors (Lipinski definition) is 1. The molecule has 1 saturated heterocycles. The average Bonchev–Trinajstić information content (AvgIpc) is 3.27. The number of nitrogens with one attached hydrogen (secondary N) is 1. The van der Waals surface area contributed by atoms with Crippen LogP contribution in [0.2, 0.25) is 5.02 Å². The molecule has 1 N–H and O–H groups in total. The number of hydrogen-bond acceptors (Lipinski definition) is 7. The summed E-state index contributed by atoms with van der Waals surface area (Å²) in [7, 11) is -1.54. The number of carbonyl (C=O) groups is 1. The Hall–Kier alpha value is -2.04. The van der Waals surface area contributed by atoms with Gasteiger partial charge in [-0.1, -0.05) is 29.4 Å². The van der Waals surface area contributed by atoms with E-state index in [0.717, 1.165) is 5.56 Å². The third kappa shape index (κ3) is 5.42. The Balaban J connectivity index is 1.77. The number of amides is 1. The summed E-state index contributed by atoms with van der Waals surface area (Å²) in [6.45, 7) is 7.81. The molecule has 1 aromatic carbocycles. The second-order valence-electron chi connectivity index (χ2n) is 7.39. The number of methoxy groups -OCH3 is 1. The standard InChI is InChI=1S/C20H25ClN4O4S2/c1-5-7-25-18(14-6-8-31(27,28)11-14)23-24-20(25)30-13(3)19(26)22-16-9-12(2)15(21)10-17(16)29-4/h5,9-10,13-14H,1,6-8,11H2,2-4H3,(H,22,26). The number of anilines is 1. The zero-order valence-electron chi connectivity index (χ0n) is 17.6. The molecule has 3 rings (SSSR count). The van der Waals surface area contributed by atoms with Gasteiger partial charge in [0.25, 0.3) is 0 Å². The molecule has 1 amide bonds. The SMILES string of the molecule is C=CCn1c(SC(C)C(=O)Nc2cc(C)c(Cl)cc2OC)nnc1C1CCS(=O)(=O)C1. The molecule has 0 aliphatic carbocycles. The van der Waals surface area contributed by atoms with E-state index >= 15 is 0 Å². The molecule has 0 spiro atoms. The number of allylic oxidation sites excluding steroid dienone is 1. The predicted molar refractivity (Wildman–Crippen MR) is 123 cm³/mol. The lowest BCUT2D eigenvalue weighted by molar-refractivity contribution is -0.115. The van der Waals surface area contributed by atoms with E-state index in [1.807, 2.05) is 11.5 Å². The van der Waals surface area contributed by atoms with Crippen molar-refractivity contribution < 1.29 is 17.9 Å².